The highest BCUT2D eigenvalue weighted by molar-refractivity contribution is 4.84. The first kappa shape index (κ1) is 11.9. The van der Waals surface area contributed by atoms with E-state index in [4.69, 9.17) is 4.74 Å². The summed E-state index contributed by atoms with van der Waals surface area (Å²) in [5.74, 6) is 0. The predicted octanol–water partition coefficient (Wildman–Crippen LogP) is -0.160. The van der Waals surface area contributed by atoms with Crippen LogP contribution in [0, 0.1) is 0 Å². The van der Waals surface area contributed by atoms with Crippen molar-refractivity contribution < 1.29 is 14.9 Å². The van der Waals surface area contributed by atoms with Crippen molar-refractivity contribution in [2.45, 2.75) is 31.5 Å². The Bertz CT molecular complexity index is 167. The molecule has 0 aromatic carbocycles. The fraction of sp³-hybridized carbons (Fsp3) is 1.00. The molecule has 2 N–H and O–H groups in total. The van der Waals surface area contributed by atoms with Crippen molar-refractivity contribution in [3.8, 4) is 0 Å². The van der Waals surface area contributed by atoms with Crippen LogP contribution in [-0.2, 0) is 4.74 Å². The third kappa shape index (κ3) is 3.92. The van der Waals surface area contributed by atoms with Gasteiger partial charge in [0.25, 0.3) is 0 Å². The van der Waals surface area contributed by atoms with E-state index < -0.39 is 5.60 Å². The van der Waals surface area contributed by atoms with E-state index >= 15 is 0 Å². The molecule has 0 aromatic heterocycles. The molecule has 4 nitrogen and oxygen atoms in total. The zero-order chi connectivity index (χ0) is 10.6. The molecule has 0 amide bonds. The van der Waals surface area contributed by atoms with E-state index in [0.29, 0.717) is 39.1 Å². The van der Waals surface area contributed by atoms with Crippen LogP contribution >= 0.6 is 0 Å². The molecule has 1 atom stereocenters. The number of hydrogen-bond acceptors (Lipinski definition) is 4. The lowest BCUT2D eigenvalue weighted by molar-refractivity contribution is -0.0793. The van der Waals surface area contributed by atoms with E-state index in [1.165, 1.54) is 0 Å². The van der Waals surface area contributed by atoms with Crippen LogP contribution in [0.5, 0.6) is 0 Å². The van der Waals surface area contributed by atoms with Crippen molar-refractivity contribution in [3.05, 3.63) is 0 Å². The lowest BCUT2D eigenvalue weighted by atomic mass is 9.94. The van der Waals surface area contributed by atoms with Crippen LogP contribution in [0.2, 0.25) is 0 Å². The Morgan fingerprint density at radius 3 is 2.50 bits per heavy atom. The van der Waals surface area contributed by atoms with Gasteiger partial charge in [-0.1, -0.05) is 0 Å². The molecule has 1 aliphatic heterocycles. The third-order valence-corrected chi connectivity index (χ3v) is 2.56. The highest BCUT2D eigenvalue weighted by Crippen LogP contribution is 2.21. The first-order chi connectivity index (χ1) is 6.52. The summed E-state index contributed by atoms with van der Waals surface area (Å²) < 4.78 is 5.20. The molecule has 0 spiro atoms. The summed E-state index contributed by atoms with van der Waals surface area (Å²) in [6.07, 6.45) is 1.04. The van der Waals surface area contributed by atoms with E-state index in [9.17, 15) is 10.2 Å². The Balaban J connectivity index is 2.33. The van der Waals surface area contributed by atoms with Gasteiger partial charge in [0.1, 0.15) is 0 Å². The van der Waals surface area contributed by atoms with Crippen molar-refractivity contribution in [1.82, 2.24) is 4.90 Å². The lowest BCUT2D eigenvalue weighted by Gasteiger charge is -2.35. The van der Waals surface area contributed by atoms with Crippen molar-refractivity contribution in [2.75, 3.05) is 33.4 Å². The largest absolute Gasteiger partial charge is 0.392 e. The molecule has 0 unspecified atom stereocenters. The predicted molar refractivity (Wildman–Crippen MR) is 54.2 cm³/mol. The summed E-state index contributed by atoms with van der Waals surface area (Å²) >= 11 is 0. The Morgan fingerprint density at radius 2 is 2.00 bits per heavy atom. The number of aliphatic hydroxyl groups excluding tert-OH is 1. The second-order valence-corrected chi connectivity index (χ2v) is 4.38. The Morgan fingerprint density at radius 1 is 1.43 bits per heavy atom. The maximum atomic E-state index is 10.2. The fourth-order valence-corrected chi connectivity index (χ4v) is 1.93. The molecule has 0 bridgehead atoms. The minimum absolute atomic E-state index is 0.344. The standard InChI is InChI=1S/C10H21NO3/c1-9(12)7-11(2)8-10(13)3-5-14-6-4-10/h9,12-13H,3-8H2,1-2H3/t9-/m0/s1. The maximum absolute atomic E-state index is 10.2. The average molecular weight is 203 g/mol. The molecule has 0 saturated carbocycles. The number of likely N-dealkylation sites (N-methyl/N-ethyl adjacent to an activating group) is 1. The molecule has 1 rings (SSSR count). The molecule has 0 radical (unpaired) electrons. The minimum Gasteiger partial charge on any atom is -0.392 e. The van der Waals surface area contributed by atoms with Crippen LogP contribution < -0.4 is 0 Å². The molecule has 0 aromatic rings. The molecular weight excluding hydrogens is 182 g/mol. The molecule has 84 valence electrons. The number of hydrogen-bond donors (Lipinski definition) is 2. The van der Waals surface area contributed by atoms with Crippen molar-refractivity contribution in [3.63, 3.8) is 0 Å². The van der Waals surface area contributed by atoms with Crippen molar-refractivity contribution in [2.24, 2.45) is 0 Å². The molecule has 4 heteroatoms. The van der Waals surface area contributed by atoms with E-state index in [1.807, 2.05) is 11.9 Å². The van der Waals surface area contributed by atoms with Gasteiger partial charge >= 0.3 is 0 Å². The quantitative estimate of drug-likeness (QED) is 0.666. The second-order valence-electron chi connectivity index (χ2n) is 4.38. The lowest BCUT2D eigenvalue weighted by Crippen LogP contribution is -2.47. The number of rotatable bonds is 4. The normalized spacial score (nSPS) is 23.8. The van der Waals surface area contributed by atoms with Gasteiger partial charge in [-0.2, -0.15) is 0 Å². The Hall–Kier alpha value is -0.160. The van der Waals surface area contributed by atoms with Crippen molar-refractivity contribution >= 4 is 0 Å². The maximum Gasteiger partial charge on any atom is 0.0817 e. The van der Waals surface area contributed by atoms with E-state index in [1.54, 1.807) is 6.92 Å². The van der Waals surface area contributed by atoms with E-state index in [-0.39, 0.29) is 6.10 Å². The summed E-state index contributed by atoms with van der Waals surface area (Å²) in [4.78, 5) is 1.97. The zero-order valence-electron chi connectivity index (χ0n) is 9.07. The van der Waals surface area contributed by atoms with Gasteiger partial charge in [0.2, 0.25) is 0 Å². The Labute approximate surface area is 85.5 Å². The van der Waals surface area contributed by atoms with Crippen LogP contribution in [-0.4, -0.2) is 60.2 Å². The van der Waals surface area contributed by atoms with Crippen LogP contribution in [0.15, 0.2) is 0 Å². The summed E-state index contributed by atoms with van der Waals surface area (Å²) in [5, 5.41) is 19.3. The first-order valence-electron chi connectivity index (χ1n) is 5.19. The monoisotopic (exact) mass is 203 g/mol. The van der Waals surface area contributed by atoms with Gasteiger partial charge in [0, 0.05) is 39.1 Å². The van der Waals surface area contributed by atoms with E-state index in [2.05, 4.69) is 0 Å². The molecule has 1 saturated heterocycles. The van der Waals surface area contributed by atoms with Gasteiger partial charge in [-0.15, -0.1) is 0 Å². The van der Waals surface area contributed by atoms with Crippen LogP contribution in [0.4, 0.5) is 0 Å². The summed E-state index contributed by atoms with van der Waals surface area (Å²) in [5.41, 5.74) is -0.623. The molecule has 14 heavy (non-hydrogen) atoms. The second kappa shape index (κ2) is 5.07. The molecule has 1 fully saturated rings. The molecule has 0 aliphatic carbocycles. The van der Waals surface area contributed by atoms with Gasteiger partial charge in [-0.25, -0.2) is 0 Å². The van der Waals surface area contributed by atoms with Crippen LogP contribution in [0.3, 0.4) is 0 Å². The fourth-order valence-electron chi connectivity index (χ4n) is 1.93. The number of ether oxygens (including phenoxy) is 1. The highest BCUT2D eigenvalue weighted by Gasteiger charge is 2.30. The van der Waals surface area contributed by atoms with Gasteiger partial charge in [0.15, 0.2) is 0 Å². The minimum atomic E-state index is -0.623. The average Bonchev–Trinajstić information content (AvgIpc) is 2.02. The van der Waals surface area contributed by atoms with Crippen LogP contribution in [0.1, 0.15) is 19.8 Å². The zero-order valence-corrected chi connectivity index (χ0v) is 9.07. The summed E-state index contributed by atoms with van der Waals surface area (Å²) in [6.45, 7) is 4.24. The molecular formula is C10H21NO3. The summed E-state index contributed by atoms with van der Waals surface area (Å²) in [7, 11) is 1.92. The van der Waals surface area contributed by atoms with Crippen LogP contribution in [0.25, 0.3) is 0 Å². The third-order valence-electron chi connectivity index (χ3n) is 2.56. The first-order valence-corrected chi connectivity index (χ1v) is 5.19. The summed E-state index contributed by atoms with van der Waals surface area (Å²) in [6, 6.07) is 0. The van der Waals surface area contributed by atoms with Gasteiger partial charge in [-0.05, 0) is 14.0 Å². The van der Waals surface area contributed by atoms with E-state index in [0.717, 1.165) is 0 Å². The Kier molecular flexibility index (Phi) is 4.31. The topological polar surface area (TPSA) is 52.9 Å². The highest BCUT2D eigenvalue weighted by atomic mass is 16.5. The van der Waals surface area contributed by atoms with Gasteiger partial charge < -0.3 is 19.8 Å². The number of aliphatic hydroxyl groups is 2. The molecule has 1 aliphatic rings. The molecule has 1 heterocycles. The van der Waals surface area contributed by atoms with Crippen molar-refractivity contribution in [1.29, 1.82) is 0 Å². The van der Waals surface area contributed by atoms with Gasteiger partial charge in [-0.3, -0.25) is 0 Å². The smallest absolute Gasteiger partial charge is 0.0817 e. The number of nitrogens with zero attached hydrogens (tertiary/aromatic N) is 1. The van der Waals surface area contributed by atoms with Gasteiger partial charge in [0.05, 0.1) is 11.7 Å². The SMILES string of the molecule is C[C@H](O)CN(C)CC1(O)CCOCC1.